The molecule has 0 heterocycles. The summed E-state index contributed by atoms with van der Waals surface area (Å²) in [5.74, 6) is 0.786. The van der Waals surface area contributed by atoms with Gasteiger partial charge in [-0.2, -0.15) is 0 Å². The van der Waals surface area contributed by atoms with Crippen LogP contribution >= 0.6 is 14.8 Å². The van der Waals surface area contributed by atoms with Gasteiger partial charge in [-0.3, -0.25) is 0 Å². The molecule has 0 aliphatic carbocycles. The quantitative estimate of drug-likeness (QED) is 0.241. The van der Waals surface area contributed by atoms with Gasteiger partial charge < -0.3 is 4.74 Å². The van der Waals surface area contributed by atoms with Gasteiger partial charge >= 0.3 is 0 Å². The maximum Gasteiger partial charge on any atom is 0.127 e. The first kappa shape index (κ1) is 20.3. The van der Waals surface area contributed by atoms with Crippen molar-refractivity contribution in [3.8, 4) is 16.9 Å². The van der Waals surface area contributed by atoms with Crippen LogP contribution in [0.3, 0.4) is 0 Å². The lowest BCUT2D eigenvalue weighted by Gasteiger charge is -2.20. The maximum atomic E-state index is 12.6. The Morgan fingerprint density at radius 3 is 2.21 bits per heavy atom. The average molecular weight is 484 g/mol. The van der Waals surface area contributed by atoms with Gasteiger partial charge in [0.05, 0.1) is 20.1 Å². The summed E-state index contributed by atoms with van der Waals surface area (Å²) >= 11 is 3.30. The van der Waals surface area contributed by atoms with Gasteiger partial charge in [0.2, 0.25) is 0 Å². The Labute approximate surface area is 182 Å². The summed E-state index contributed by atoms with van der Waals surface area (Å²) in [6, 6.07) is 23.1. The van der Waals surface area contributed by atoms with Crippen molar-refractivity contribution in [3.63, 3.8) is 0 Å². The minimum Gasteiger partial charge on any atom is -0.496 e. The second-order valence-electron chi connectivity index (χ2n) is 8.21. The number of methoxy groups -OCH3 is 1. The zero-order valence-electron chi connectivity index (χ0n) is 17.0. The Morgan fingerprint density at radius 1 is 0.828 bits per heavy atom. The molecule has 0 saturated heterocycles. The lowest BCUT2D eigenvalue weighted by molar-refractivity contribution is 0.417. The molecule has 1 unspecified atom stereocenters. The monoisotopic (exact) mass is 482 g/mol. The number of hydrogen-bond acceptors (Lipinski definition) is 2. The van der Waals surface area contributed by atoms with E-state index in [2.05, 4.69) is 70.9 Å². The third-order valence-electron chi connectivity index (χ3n) is 5.38. The van der Waals surface area contributed by atoms with Crippen molar-refractivity contribution in [3.05, 3.63) is 66.7 Å². The van der Waals surface area contributed by atoms with Crippen molar-refractivity contribution in [1.29, 1.82) is 0 Å². The molecule has 0 amide bonds. The summed E-state index contributed by atoms with van der Waals surface area (Å²) in [6.45, 7) is 7.07. The average Bonchev–Trinajstić information content (AvgIpc) is 2.70. The minimum absolute atomic E-state index is 0.753. The van der Waals surface area contributed by atoms with Crippen LogP contribution in [-0.4, -0.2) is 19.4 Å². The molecule has 0 fully saturated rings. The Morgan fingerprint density at radius 2 is 1.52 bits per heavy atom. The topological polar surface area (TPSA) is 26.3 Å². The van der Waals surface area contributed by atoms with Crippen LogP contribution in [0.25, 0.3) is 32.7 Å². The van der Waals surface area contributed by atoms with Crippen molar-refractivity contribution in [2.24, 2.45) is 0 Å². The number of ether oxygens (including phenoxy) is 1. The lowest BCUT2D eigenvalue weighted by atomic mass is 9.93. The third kappa shape index (κ3) is 3.67. The molecule has 0 aromatic heterocycles. The number of hydrogen-bond donors (Lipinski definition) is 0. The molecule has 0 saturated carbocycles. The predicted octanol–water partition coefficient (Wildman–Crippen LogP) is 6.63. The van der Waals surface area contributed by atoms with Gasteiger partial charge in [-0.05, 0) is 33.7 Å². The van der Waals surface area contributed by atoms with E-state index in [1.165, 1.54) is 10.6 Å². The largest absolute Gasteiger partial charge is 0.496 e. The summed E-state index contributed by atoms with van der Waals surface area (Å²) in [5.41, 5.74) is 1.95. The molecule has 2 nitrogen and oxygen atoms in total. The van der Waals surface area contributed by atoms with E-state index in [1.54, 1.807) is 7.11 Å². The van der Waals surface area contributed by atoms with Crippen molar-refractivity contribution in [2.75, 3.05) is 7.11 Å². The summed E-state index contributed by atoms with van der Waals surface area (Å²) in [4.78, 5) is 0.753. The van der Waals surface area contributed by atoms with Crippen LogP contribution in [0.2, 0.25) is 19.6 Å². The standard InChI is InChI=1S/C24H23BrO2SSi/c1-27-21-13-9-17-15-18(29(2,3)4)11-12-20(17)23(21)24-19-8-6-5-7-16(19)10-14-22(24)28(25)26/h5-15H,1-4H3. The van der Waals surface area contributed by atoms with Gasteiger partial charge in [0, 0.05) is 25.9 Å². The Kier molecular flexibility index (Phi) is 5.40. The van der Waals surface area contributed by atoms with Crippen molar-refractivity contribution in [1.82, 2.24) is 0 Å². The molecule has 0 N–H and O–H groups in total. The predicted molar refractivity (Wildman–Crippen MR) is 132 cm³/mol. The third-order valence-corrected chi connectivity index (χ3v) is 9.16. The molecule has 4 rings (SSSR count). The Hall–Kier alpha value is -1.95. The molecular weight excluding hydrogens is 460 g/mol. The first-order valence-corrected chi connectivity index (χ1v) is 16.0. The van der Waals surface area contributed by atoms with Gasteiger partial charge in [-0.1, -0.05) is 79.4 Å². The van der Waals surface area contributed by atoms with Crippen LogP contribution in [-0.2, 0) is 9.23 Å². The molecule has 0 radical (unpaired) electrons. The van der Waals surface area contributed by atoms with Crippen LogP contribution in [0.4, 0.5) is 0 Å². The molecule has 0 aliphatic rings. The maximum absolute atomic E-state index is 12.6. The van der Waals surface area contributed by atoms with Crippen LogP contribution < -0.4 is 9.92 Å². The van der Waals surface area contributed by atoms with E-state index in [0.717, 1.165) is 37.9 Å². The molecule has 1 atom stereocenters. The van der Waals surface area contributed by atoms with Crippen molar-refractivity contribution < 1.29 is 8.95 Å². The van der Waals surface area contributed by atoms with Crippen LogP contribution in [0.5, 0.6) is 5.75 Å². The molecule has 148 valence electrons. The Bertz CT molecular complexity index is 1260. The second-order valence-corrected chi connectivity index (χ2v) is 15.9. The Balaban J connectivity index is 2.16. The van der Waals surface area contributed by atoms with E-state index in [-0.39, 0.29) is 0 Å². The zero-order chi connectivity index (χ0) is 20.8. The van der Waals surface area contributed by atoms with E-state index in [1.807, 2.05) is 30.3 Å². The van der Waals surface area contributed by atoms with E-state index in [9.17, 15) is 4.21 Å². The lowest BCUT2D eigenvalue weighted by Crippen LogP contribution is -2.37. The highest BCUT2D eigenvalue weighted by Gasteiger charge is 2.21. The van der Waals surface area contributed by atoms with Crippen molar-refractivity contribution >= 4 is 58.9 Å². The highest BCUT2D eigenvalue weighted by Crippen LogP contribution is 2.43. The highest BCUT2D eigenvalue weighted by molar-refractivity contribution is 9.46. The van der Waals surface area contributed by atoms with Crippen LogP contribution in [0.15, 0.2) is 71.6 Å². The summed E-state index contributed by atoms with van der Waals surface area (Å²) < 4.78 is 18.4. The van der Waals surface area contributed by atoms with E-state index < -0.39 is 17.3 Å². The van der Waals surface area contributed by atoms with Crippen LogP contribution in [0.1, 0.15) is 0 Å². The van der Waals surface area contributed by atoms with Crippen molar-refractivity contribution in [2.45, 2.75) is 24.5 Å². The smallest absolute Gasteiger partial charge is 0.127 e. The SMILES string of the molecule is COc1ccc2cc([Si](C)(C)C)ccc2c1-c1c(S(=O)Br)ccc2ccccc12. The second kappa shape index (κ2) is 7.71. The van der Waals surface area contributed by atoms with E-state index in [0.29, 0.717) is 0 Å². The van der Waals surface area contributed by atoms with E-state index in [4.69, 9.17) is 4.74 Å². The molecular formula is C24H23BrO2SSi. The molecule has 5 heteroatoms. The molecule has 29 heavy (non-hydrogen) atoms. The first-order chi connectivity index (χ1) is 13.8. The molecule has 4 aromatic carbocycles. The number of rotatable bonds is 4. The number of fused-ring (bicyclic) bond motifs is 2. The van der Waals surface area contributed by atoms with Gasteiger partial charge in [0.15, 0.2) is 0 Å². The van der Waals surface area contributed by atoms with E-state index >= 15 is 0 Å². The first-order valence-electron chi connectivity index (χ1n) is 9.52. The zero-order valence-corrected chi connectivity index (χ0v) is 20.4. The molecule has 0 bridgehead atoms. The molecule has 0 spiro atoms. The molecule has 4 aromatic rings. The normalized spacial score (nSPS) is 13.0. The highest BCUT2D eigenvalue weighted by atomic mass is 79.9. The number of halogens is 1. The molecule has 0 aliphatic heterocycles. The fourth-order valence-corrected chi connectivity index (χ4v) is 6.38. The fraction of sp³-hybridized carbons (Fsp3) is 0.167. The summed E-state index contributed by atoms with van der Waals surface area (Å²) in [7, 11) is -1.04. The number of benzene rings is 4. The van der Waals surface area contributed by atoms with Gasteiger partial charge in [0.1, 0.15) is 15.0 Å². The van der Waals surface area contributed by atoms with Crippen LogP contribution in [0, 0.1) is 0 Å². The summed E-state index contributed by atoms with van der Waals surface area (Å²) in [6.07, 6.45) is 0. The minimum atomic E-state index is -1.43. The fourth-order valence-electron chi connectivity index (χ4n) is 3.85. The van der Waals surface area contributed by atoms with Gasteiger partial charge in [-0.25, -0.2) is 4.21 Å². The van der Waals surface area contributed by atoms with Gasteiger partial charge in [-0.15, -0.1) is 0 Å². The summed E-state index contributed by atoms with van der Waals surface area (Å²) in [5, 5.41) is 5.89. The van der Waals surface area contributed by atoms with Gasteiger partial charge in [0.25, 0.3) is 0 Å².